The molecular weight excluding hydrogens is 232 g/mol. The van der Waals surface area contributed by atoms with Crippen LogP contribution >= 0.6 is 0 Å². The van der Waals surface area contributed by atoms with Gasteiger partial charge in [-0.05, 0) is 42.6 Å². The van der Waals surface area contributed by atoms with E-state index in [1.165, 1.54) is 23.1 Å². The summed E-state index contributed by atoms with van der Waals surface area (Å²) in [4.78, 5) is 4.44. The smallest absolute Gasteiger partial charge is 0.0408 e. The summed E-state index contributed by atoms with van der Waals surface area (Å²) in [6.07, 6.45) is 3.19. The Hall–Kier alpha value is -1.67. The highest BCUT2D eigenvalue weighted by Crippen LogP contribution is 2.43. The molecule has 0 saturated carbocycles. The maximum atomic E-state index is 4.44. The number of hydrogen-bond donors (Lipinski definition) is 1. The zero-order chi connectivity index (χ0) is 13.2. The molecule has 1 aliphatic rings. The average Bonchev–Trinajstić information content (AvgIpc) is 2.40. The van der Waals surface area contributed by atoms with Gasteiger partial charge in [0.25, 0.3) is 0 Å². The van der Waals surface area contributed by atoms with E-state index < -0.39 is 0 Å². The molecule has 0 spiro atoms. The molecule has 1 aromatic heterocycles. The van der Waals surface area contributed by atoms with E-state index in [0.717, 1.165) is 12.2 Å². The average molecular weight is 252 g/mol. The fourth-order valence-electron chi connectivity index (χ4n) is 2.97. The van der Waals surface area contributed by atoms with Crippen LogP contribution in [0.1, 0.15) is 41.3 Å². The Morgan fingerprint density at radius 3 is 2.79 bits per heavy atom. The van der Waals surface area contributed by atoms with E-state index in [4.69, 9.17) is 0 Å². The van der Waals surface area contributed by atoms with Gasteiger partial charge >= 0.3 is 0 Å². The molecule has 0 amide bonds. The first-order valence-corrected chi connectivity index (χ1v) is 7.03. The maximum absolute atomic E-state index is 4.44. The second-order valence-electron chi connectivity index (χ2n) is 5.28. The van der Waals surface area contributed by atoms with Gasteiger partial charge in [-0.1, -0.05) is 37.3 Å². The van der Waals surface area contributed by atoms with Crippen molar-refractivity contribution in [2.24, 2.45) is 0 Å². The largest absolute Gasteiger partial charge is 0.310 e. The SMILES string of the molecule is CCNC(c1ccc(C)nc1)C1Cc2ccccc21. The number of likely N-dealkylation sites (N-methyl/N-ethyl adjacent to an activating group) is 1. The summed E-state index contributed by atoms with van der Waals surface area (Å²) in [6, 6.07) is 13.5. The molecule has 0 bridgehead atoms. The van der Waals surface area contributed by atoms with Gasteiger partial charge in [-0.2, -0.15) is 0 Å². The highest BCUT2D eigenvalue weighted by molar-refractivity contribution is 5.43. The molecule has 2 aromatic rings. The maximum Gasteiger partial charge on any atom is 0.0408 e. The quantitative estimate of drug-likeness (QED) is 0.902. The Kier molecular flexibility index (Phi) is 3.34. The first-order chi connectivity index (χ1) is 9.29. The molecule has 0 saturated heterocycles. The third kappa shape index (κ3) is 2.28. The third-order valence-corrected chi connectivity index (χ3v) is 4.01. The highest BCUT2D eigenvalue weighted by atomic mass is 14.9. The Morgan fingerprint density at radius 2 is 2.11 bits per heavy atom. The van der Waals surface area contributed by atoms with Gasteiger partial charge in [0, 0.05) is 23.9 Å². The number of fused-ring (bicyclic) bond motifs is 1. The summed E-state index contributed by atoms with van der Waals surface area (Å²) in [5, 5.41) is 3.62. The summed E-state index contributed by atoms with van der Waals surface area (Å²) < 4.78 is 0. The molecule has 0 radical (unpaired) electrons. The predicted octanol–water partition coefficient (Wildman–Crippen LogP) is 3.38. The minimum Gasteiger partial charge on any atom is -0.310 e. The molecule has 19 heavy (non-hydrogen) atoms. The fourth-order valence-corrected chi connectivity index (χ4v) is 2.97. The van der Waals surface area contributed by atoms with Crippen LogP contribution in [0.3, 0.4) is 0 Å². The van der Waals surface area contributed by atoms with E-state index in [9.17, 15) is 0 Å². The standard InChI is InChI=1S/C17H20N2/c1-3-18-17(14-9-8-12(2)19-11-14)16-10-13-6-4-5-7-15(13)16/h4-9,11,16-18H,3,10H2,1-2H3. The van der Waals surface area contributed by atoms with Crippen molar-refractivity contribution in [2.45, 2.75) is 32.2 Å². The number of nitrogens with one attached hydrogen (secondary N) is 1. The van der Waals surface area contributed by atoms with Gasteiger partial charge in [-0.3, -0.25) is 4.98 Å². The van der Waals surface area contributed by atoms with Crippen LogP contribution in [-0.2, 0) is 6.42 Å². The van der Waals surface area contributed by atoms with Crippen molar-refractivity contribution in [3.05, 3.63) is 65.0 Å². The van der Waals surface area contributed by atoms with Crippen molar-refractivity contribution in [1.29, 1.82) is 0 Å². The van der Waals surface area contributed by atoms with Crippen LogP contribution in [0.25, 0.3) is 0 Å². The normalized spacial score (nSPS) is 18.5. The van der Waals surface area contributed by atoms with Crippen molar-refractivity contribution in [2.75, 3.05) is 6.54 Å². The molecule has 0 fully saturated rings. The monoisotopic (exact) mass is 252 g/mol. The zero-order valence-corrected chi connectivity index (χ0v) is 11.6. The molecule has 1 heterocycles. The van der Waals surface area contributed by atoms with E-state index in [1.54, 1.807) is 0 Å². The molecule has 2 unspecified atom stereocenters. The van der Waals surface area contributed by atoms with Gasteiger partial charge in [-0.25, -0.2) is 0 Å². The van der Waals surface area contributed by atoms with Crippen molar-refractivity contribution < 1.29 is 0 Å². The highest BCUT2D eigenvalue weighted by Gasteiger charge is 2.33. The number of nitrogens with zero attached hydrogens (tertiary/aromatic N) is 1. The summed E-state index contributed by atoms with van der Waals surface area (Å²) >= 11 is 0. The zero-order valence-electron chi connectivity index (χ0n) is 11.6. The van der Waals surface area contributed by atoms with Gasteiger partial charge in [0.05, 0.1) is 0 Å². The first-order valence-electron chi connectivity index (χ1n) is 7.03. The lowest BCUT2D eigenvalue weighted by molar-refractivity contribution is 0.419. The lowest BCUT2D eigenvalue weighted by Crippen LogP contribution is -2.33. The lowest BCUT2D eigenvalue weighted by atomic mass is 9.72. The van der Waals surface area contributed by atoms with Crippen LogP contribution in [0.5, 0.6) is 0 Å². The van der Waals surface area contributed by atoms with Crippen molar-refractivity contribution in [3.63, 3.8) is 0 Å². The molecule has 2 heteroatoms. The number of benzene rings is 1. The van der Waals surface area contributed by atoms with E-state index in [2.05, 4.69) is 53.6 Å². The number of aromatic nitrogens is 1. The number of aryl methyl sites for hydroxylation is 1. The van der Waals surface area contributed by atoms with Crippen molar-refractivity contribution >= 4 is 0 Å². The number of hydrogen-bond acceptors (Lipinski definition) is 2. The summed E-state index contributed by atoms with van der Waals surface area (Å²) in [5.41, 5.74) is 5.37. The minimum absolute atomic E-state index is 0.382. The van der Waals surface area contributed by atoms with E-state index in [1.807, 2.05) is 13.1 Å². The number of pyridine rings is 1. The van der Waals surface area contributed by atoms with E-state index in [0.29, 0.717) is 12.0 Å². The molecule has 98 valence electrons. The van der Waals surface area contributed by atoms with Crippen LogP contribution in [0.2, 0.25) is 0 Å². The molecule has 1 N–H and O–H groups in total. The van der Waals surface area contributed by atoms with E-state index >= 15 is 0 Å². The Balaban J connectivity index is 1.89. The topological polar surface area (TPSA) is 24.9 Å². The minimum atomic E-state index is 0.382. The number of rotatable bonds is 4. The third-order valence-electron chi connectivity index (χ3n) is 4.01. The van der Waals surface area contributed by atoms with Crippen LogP contribution in [0.15, 0.2) is 42.6 Å². The molecule has 2 atom stereocenters. The second kappa shape index (κ2) is 5.14. The Morgan fingerprint density at radius 1 is 1.26 bits per heavy atom. The van der Waals surface area contributed by atoms with Gasteiger partial charge in [0.15, 0.2) is 0 Å². The summed E-state index contributed by atoms with van der Waals surface area (Å²) in [6.45, 7) is 5.18. The molecule has 3 rings (SSSR count). The Bertz CT molecular complexity index is 560. The predicted molar refractivity (Wildman–Crippen MR) is 78.3 cm³/mol. The van der Waals surface area contributed by atoms with Gasteiger partial charge in [0.2, 0.25) is 0 Å². The van der Waals surface area contributed by atoms with Crippen molar-refractivity contribution in [1.82, 2.24) is 10.3 Å². The van der Waals surface area contributed by atoms with Crippen LogP contribution in [0, 0.1) is 6.92 Å². The van der Waals surface area contributed by atoms with Crippen molar-refractivity contribution in [3.8, 4) is 0 Å². The van der Waals surface area contributed by atoms with Gasteiger partial charge < -0.3 is 5.32 Å². The van der Waals surface area contributed by atoms with Gasteiger partial charge in [-0.15, -0.1) is 0 Å². The second-order valence-corrected chi connectivity index (χ2v) is 5.28. The van der Waals surface area contributed by atoms with E-state index in [-0.39, 0.29) is 0 Å². The molecular formula is C17H20N2. The molecule has 1 aromatic carbocycles. The Labute approximate surface area is 114 Å². The lowest BCUT2D eigenvalue weighted by Gasteiger charge is -2.37. The van der Waals surface area contributed by atoms with Crippen LogP contribution in [-0.4, -0.2) is 11.5 Å². The summed E-state index contributed by atoms with van der Waals surface area (Å²) in [5.74, 6) is 0.584. The molecule has 0 aliphatic heterocycles. The van der Waals surface area contributed by atoms with Crippen LogP contribution in [0.4, 0.5) is 0 Å². The summed E-state index contributed by atoms with van der Waals surface area (Å²) in [7, 11) is 0. The van der Waals surface area contributed by atoms with Gasteiger partial charge in [0.1, 0.15) is 0 Å². The van der Waals surface area contributed by atoms with Crippen LogP contribution < -0.4 is 5.32 Å². The fraction of sp³-hybridized carbons (Fsp3) is 0.353. The first kappa shape index (κ1) is 12.4. The molecule has 1 aliphatic carbocycles. The molecule has 2 nitrogen and oxygen atoms in total.